The number of rotatable bonds is 5. The smallest absolute Gasteiger partial charge is 0.259 e. The van der Waals surface area contributed by atoms with Crippen LogP contribution in [0.5, 0.6) is 0 Å². The number of ether oxygens (including phenoxy) is 1. The summed E-state index contributed by atoms with van der Waals surface area (Å²) in [5.41, 5.74) is 9.23. The highest BCUT2D eigenvalue weighted by atomic mass is 35.5. The third kappa shape index (κ3) is 5.13. The molecule has 2 aliphatic rings. The molecule has 11 heteroatoms. The van der Waals surface area contributed by atoms with Crippen LogP contribution in [0.2, 0.25) is 0 Å². The molecule has 0 saturated carbocycles. The molecule has 10 nitrogen and oxygen atoms in total. The van der Waals surface area contributed by atoms with Gasteiger partial charge in [0.05, 0.1) is 18.2 Å². The maximum atomic E-state index is 13.1. The van der Waals surface area contributed by atoms with Crippen LogP contribution in [0.25, 0.3) is 0 Å². The molecule has 0 bridgehead atoms. The number of hydrogen-bond donors (Lipinski definition) is 3. The highest BCUT2D eigenvalue weighted by Crippen LogP contribution is 2.32. The fraction of sp³-hybridized carbons (Fsp3) is 0.333. The number of nitriles is 1. The van der Waals surface area contributed by atoms with Gasteiger partial charge >= 0.3 is 0 Å². The Morgan fingerprint density at radius 1 is 1.29 bits per heavy atom. The number of carbonyl (C=O) groups excluding carboxylic acids is 3. The summed E-state index contributed by atoms with van der Waals surface area (Å²) in [6.45, 7) is 0.478. The Bertz CT molecular complexity index is 1200. The monoisotopic (exact) mass is 499 g/mol. The molecule has 35 heavy (non-hydrogen) atoms. The molecule has 184 valence electrons. The van der Waals surface area contributed by atoms with Crippen molar-refractivity contribution in [3.63, 3.8) is 0 Å². The van der Waals surface area contributed by atoms with Gasteiger partial charge in [0.1, 0.15) is 0 Å². The number of nitrogens with one attached hydrogen (secondary N) is 1. The summed E-state index contributed by atoms with van der Waals surface area (Å²) in [6.07, 6.45) is -2.07. The van der Waals surface area contributed by atoms with Gasteiger partial charge in [-0.2, -0.15) is 5.26 Å². The second kappa shape index (κ2) is 10.8. The average molecular weight is 500 g/mol. The van der Waals surface area contributed by atoms with Crippen LogP contribution >= 0.6 is 12.4 Å². The van der Waals surface area contributed by atoms with Crippen LogP contribution in [-0.2, 0) is 32.1 Å². The summed E-state index contributed by atoms with van der Waals surface area (Å²) in [6, 6.07) is 12.0. The molecular formula is C24H26ClN5O5. The zero-order valence-corrected chi connectivity index (χ0v) is 19.9. The highest BCUT2D eigenvalue weighted by molar-refractivity contribution is 6.04. The second-order valence-electron chi connectivity index (χ2n) is 8.17. The molecule has 0 unspecified atom stereocenters. The molecule has 0 spiro atoms. The largest absolute Gasteiger partial charge is 0.380 e. The molecule has 0 aromatic heterocycles. The first-order chi connectivity index (χ1) is 16.3. The molecule has 2 heterocycles. The van der Waals surface area contributed by atoms with Crippen molar-refractivity contribution in [3.05, 3.63) is 53.1 Å². The number of fused-ring (bicyclic) bond motifs is 1. The fourth-order valence-electron chi connectivity index (χ4n) is 4.18. The van der Waals surface area contributed by atoms with Gasteiger partial charge in [-0.15, -0.1) is 12.4 Å². The summed E-state index contributed by atoms with van der Waals surface area (Å²) < 4.78 is 5.47. The number of anilines is 3. The maximum absolute atomic E-state index is 13.1. The van der Waals surface area contributed by atoms with Crippen LogP contribution in [0.4, 0.5) is 17.1 Å². The van der Waals surface area contributed by atoms with Crippen molar-refractivity contribution in [2.24, 2.45) is 5.73 Å². The van der Waals surface area contributed by atoms with E-state index in [0.717, 1.165) is 11.3 Å². The van der Waals surface area contributed by atoms with Gasteiger partial charge < -0.3 is 30.7 Å². The molecule has 4 N–H and O–H groups in total. The Balaban J connectivity index is 0.00000342. The van der Waals surface area contributed by atoms with E-state index in [2.05, 4.69) is 5.32 Å². The predicted molar refractivity (Wildman–Crippen MR) is 131 cm³/mol. The number of benzene rings is 2. The van der Waals surface area contributed by atoms with Crippen molar-refractivity contribution in [2.45, 2.75) is 31.6 Å². The molecule has 3 amide bonds. The normalized spacial score (nSPS) is 18.3. The summed E-state index contributed by atoms with van der Waals surface area (Å²) in [4.78, 5) is 40.9. The third-order valence-corrected chi connectivity index (χ3v) is 6.11. The minimum atomic E-state index is -1.76. The lowest BCUT2D eigenvalue weighted by Crippen LogP contribution is -2.55. The number of halogens is 1. The Morgan fingerprint density at radius 2 is 2.06 bits per heavy atom. The summed E-state index contributed by atoms with van der Waals surface area (Å²) in [5.74, 6) is -1.37. The summed E-state index contributed by atoms with van der Waals surface area (Å²) in [7, 11) is 1.70. The van der Waals surface area contributed by atoms with Gasteiger partial charge in [-0.25, -0.2) is 0 Å². The highest BCUT2D eigenvalue weighted by Gasteiger charge is 2.39. The van der Waals surface area contributed by atoms with Crippen molar-refractivity contribution in [3.8, 4) is 6.07 Å². The minimum absolute atomic E-state index is 0. The lowest BCUT2D eigenvalue weighted by atomic mass is 10.0. The van der Waals surface area contributed by atoms with E-state index in [0.29, 0.717) is 35.3 Å². The molecule has 2 aromatic rings. The van der Waals surface area contributed by atoms with E-state index in [9.17, 15) is 19.5 Å². The molecule has 1 saturated heterocycles. The molecular weight excluding hydrogens is 474 g/mol. The van der Waals surface area contributed by atoms with Crippen molar-refractivity contribution in [1.29, 1.82) is 5.26 Å². The van der Waals surface area contributed by atoms with Gasteiger partial charge in [0, 0.05) is 43.6 Å². The Morgan fingerprint density at radius 3 is 2.77 bits per heavy atom. The van der Waals surface area contributed by atoms with E-state index < -0.39 is 24.0 Å². The Hall–Kier alpha value is -3.49. The first kappa shape index (κ1) is 26.1. The lowest BCUT2D eigenvalue weighted by molar-refractivity contribution is -0.150. The van der Waals surface area contributed by atoms with Crippen molar-refractivity contribution in [2.75, 3.05) is 35.3 Å². The molecule has 2 aromatic carbocycles. The van der Waals surface area contributed by atoms with Crippen LogP contribution in [0, 0.1) is 11.3 Å². The Labute approximate surface area is 208 Å². The molecule has 0 radical (unpaired) electrons. The van der Waals surface area contributed by atoms with E-state index in [1.54, 1.807) is 30.1 Å². The van der Waals surface area contributed by atoms with E-state index in [4.69, 9.17) is 15.7 Å². The first-order valence-electron chi connectivity index (χ1n) is 10.9. The molecule has 4 rings (SSSR count). The third-order valence-electron chi connectivity index (χ3n) is 6.11. The van der Waals surface area contributed by atoms with Crippen molar-refractivity contribution >= 4 is 47.2 Å². The molecule has 1 fully saturated rings. The standard InChI is InChI=1S/C24H25N5O5.ClH/c1-28-19-11-18(6-3-14(19)4-7-20(28)30)29-8-9-34-22(24(29)33)21(31)23(32)27-17-5-2-15(12-25)16(10-17)13-26;/h2-3,5-6,10-11,21-22,31H,4,7-9,13,26H2,1H3,(H,27,32);1H/t21-,22-;/m1./s1. The number of hydrogen-bond acceptors (Lipinski definition) is 7. The van der Waals surface area contributed by atoms with Crippen molar-refractivity contribution < 1.29 is 24.2 Å². The first-order valence-corrected chi connectivity index (χ1v) is 10.9. The predicted octanol–water partition coefficient (Wildman–Crippen LogP) is 1.08. The number of aryl methyl sites for hydroxylation is 1. The Kier molecular flexibility index (Phi) is 8.09. The maximum Gasteiger partial charge on any atom is 0.259 e. The minimum Gasteiger partial charge on any atom is -0.380 e. The van der Waals surface area contributed by atoms with Crippen LogP contribution in [0.15, 0.2) is 36.4 Å². The number of nitrogens with two attached hydrogens (primary N) is 1. The number of amides is 3. The van der Waals surface area contributed by atoms with E-state index >= 15 is 0 Å². The number of nitrogens with zero attached hydrogens (tertiary/aromatic N) is 3. The van der Waals surface area contributed by atoms with Gasteiger partial charge in [-0.05, 0) is 47.9 Å². The summed E-state index contributed by atoms with van der Waals surface area (Å²) >= 11 is 0. The lowest BCUT2D eigenvalue weighted by Gasteiger charge is -2.35. The second-order valence-corrected chi connectivity index (χ2v) is 8.17. The summed E-state index contributed by atoms with van der Waals surface area (Å²) in [5, 5.41) is 22.3. The number of aliphatic hydroxyl groups is 1. The van der Waals surface area contributed by atoms with E-state index in [1.807, 2.05) is 12.1 Å². The van der Waals surface area contributed by atoms with Crippen LogP contribution in [0.3, 0.4) is 0 Å². The molecule has 2 aliphatic heterocycles. The van der Waals surface area contributed by atoms with Gasteiger partial charge in [0.25, 0.3) is 11.8 Å². The van der Waals surface area contributed by atoms with Crippen molar-refractivity contribution in [1.82, 2.24) is 0 Å². The molecule has 0 aliphatic carbocycles. The average Bonchev–Trinajstić information content (AvgIpc) is 2.85. The zero-order chi connectivity index (χ0) is 24.4. The molecule has 2 atom stereocenters. The number of carbonyl (C=O) groups is 3. The SMILES string of the molecule is CN1C(=O)CCc2ccc(N3CCO[C@H]([C@@H](O)C(=O)Nc4ccc(C#N)c(CN)c4)C3=O)cc21.Cl. The van der Waals surface area contributed by atoms with Gasteiger partial charge in [-0.1, -0.05) is 6.07 Å². The number of morpholine rings is 1. The zero-order valence-electron chi connectivity index (χ0n) is 19.1. The topological polar surface area (TPSA) is 149 Å². The quantitative estimate of drug-likeness (QED) is 0.557. The van der Waals surface area contributed by atoms with Gasteiger partial charge in [0.15, 0.2) is 12.2 Å². The van der Waals surface area contributed by atoms with Crippen LogP contribution in [0.1, 0.15) is 23.1 Å². The van der Waals surface area contributed by atoms with Crippen LogP contribution < -0.4 is 20.9 Å². The number of aliphatic hydroxyl groups excluding tert-OH is 1. The van der Waals surface area contributed by atoms with E-state index in [-0.39, 0.29) is 38.0 Å². The van der Waals surface area contributed by atoms with Gasteiger partial charge in [0.2, 0.25) is 5.91 Å². The van der Waals surface area contributed by atoms with Crippen LogP contribution in [-0.4, -0.2) is 55.2 Å². The van der Waals surface area contributed by atoms with E-state index in [1.165, 1.54) is 17.0 Å². The fourth-order valence-corrected chi connectivity index (χ4v) is 4.18. The van der Waals surface area contributed by atoms with Gasteiger partial charge in [-0.3, -0.25) is 14.4 Å².